The molecule has 3 rings (SSSR count). The van der Waals surface area contributed by atoms with Crippen LogP contribution in [0.1, 0.15) is 16.3 Å². The number of aromatic nitrogens is 5. The monoisotopic (exact) mass is 239 g/mol. The number of carbonyl (C=O) groups excluding carboxylic acids is 1. The first-order chi connectivity index (χ1) is 8.86. The molecule has 0 aliphatic carbocycles. The van der Waals surface area contributed by atoms with E-state index in [1.807, 2.05) is 30.3 Å². The van der Waals surface area contributed by atoms with Gasteiger partial charge >= 0.3 is 0 Å². The summed E-state index contributed by atoms with van der Waals surface area (Å²) < 4.78 is 1.57. The largest absolute Gasteiger partial charge is 0.283 e. The summed E-state index contributed by atoms with van der Waals surface area (Å²) in [5.41, 5.74) is 1.27. The van der Waals surface area contributed by atoms with Crippen molar-refractivity contribution in [3.05, 3.63) is 60.4 Å². The van der Waals surface area contributed by atoms with E-state index in [-0.39, 0.29) is 11.6 Å². The topological polar surface area (TPSA) is 76.5 Å². The van der Waals surface area contributed by atoms with Gasteiger partial charge in [-0.15, -0.1) is 0 Å². The highest BCUT2D eigenvalue weighted by molar-refractivity contribution is 6.05. The Bertz CT molecular complexity index is 657. The van der Waals surface area contributed by atoms with E-state index in [4.69, 9.17) is 0 Å². The predicted molar refractivity (Wildman–Crippen MR) is 63.4 cm³/mol. The smallest absolute Gasteiger partial charge is 0.248 e. The standard InChI is InChI=1S/C12H9N5O/c18-11(12-13-8-14-16-12)10-6-7-15-17(10)9-4-2-1-3-5-9/h1-8H,(H,13,14,16). The Balaban J connectivity index is 2.05. The van der Waals surface area contributed by atoms with Crippen molar-refractivity contribution in [2.75, 3.05) is 0 Å². The molecule has 6 nitrogen and oxygen atoms in total. The van der Waals surface area contributed by atoms with Gasteiger partial charge in [0.1, 0.15) is 12.0 Å². The van der Waals surface area contributed by atoms with Gasteiger partial charge in [-0.05, 0) is 18.2 Å². The van der Waals surface area contributed by atoms with Crippen LogP contribution in [0.2, 0.25) is 0 Å². The van der Waals surface area contributed by atoms with Crippen molar-refractivity contribution >= 4 is 5.78 Å². The van der Waals surface area contributed by atoms with Crippen LogP contribution in [0.3, 0.4) is 0 Å². The Morgan fingerprint density at radius 1 is 1.17 bits per heavy atom. The second-order valence-corrected chi connectivity index (χ2v) is 3.63. The summed E-state index contributed by atoms with van der Waals surface area (Å²) in [4.78, 5) is 16.0. The maximum absolute atomic E-state index is 12.2. The third-order valence-electron chi connectivity index (χ3n) is 2.51. The van der Waals surface area contributed by atoms with Gasteiger partial charge in [-0.2, -0.15) is 10.2 Å². The Kier molecular flexibility index (Phi) is 2.45. The summed E-state index contributed by atoms with van der Waals surface area (Å²) in [5.74, 6) is -0.0402. The summed E-state index contributed by atoms with van der Waals surface area (Å²) in [7, 11) is 0. The number of nitrogens with zero attached hydrogens (tertiary/aromatic N) is 4. The van der Waals surface area contributed by atoms with Crippen LogP contribution < -0.4 is 0 Å². The number of aromatic amines is 1. The Morgan fingerprint density at radius 2 is 2.00 bits per heavy atom. The van der Waals surface area contributed by atoms with Gasteiger partial charge in [-0.1, -0.05) is 18.2 Å². The summed E-state index contributed by atoms with van der Waals surface area (Å²) in [6.07, 6.45) is 2.88. The van der Waals surface area contributed by atoms with Gasteiger partial charge in [0.15, 0.2) is 5.82 Å². The maximum Gasteiger partial charge on any atom is 0.248 e. The van der Waals surface area contributed by atoms with Gasteiger partial charge in [-0.3, -0.25) is 9.89 Å². The summed E-state index contributed by atoms with van der Waals surface area (Å²) >= 11 is 0. The van der Waals surface area contributed by atoms with E-state index in [1.54, 1.807) is 16.9 Å². The molecule has 6 heteroatoms. The second kappa shape index (κ2) is 4.25. The first kappa shape index (κ1) is 10.4. The highest BCUT2D eigenvalue weighted by Crippen LogP contribution is 2.12. The van der Waals surface area contributed by atoms with Crippen LogP contribution in [0.4, 0.5) is 0 Å². The van der Waals surface area contributed by atoms with E-state index < -0.39 is 0 Å². The zero-order valence-corrected chi connectivity index (χ0v) is 9.32. The lowest BCUT2D eigenvalue weighted by molar-refractivity contribution is 0.102. The zero-order chi connectivity index (χ0) is 12.4. The second-order valence-electron chi connectivity index (χ2n) is 3.63. The van der Waals surface area contributed by atoms with Gasteiger partial charge < -0.3 is 0 Å². The number of carbonyl (C=O) groups is 1. The molecule has 0 unspecified atom stereocenters. The fraction of sp³-hybridized carbons (Fsp3) is 0. The first-order valence-electron chi connectivity index (χ1n) is 5.36. The van der Waals surface area contributed by atoms with Gasteiger partial charge in [0.05, 0.1) is 11.9 Å². The highest BCUT2D eigenvalue weighted by Gasteiger charge is 2.17. The van der Waals surface area contributed by atoms with Crippen LogP contribution in [0.5, 0.6) is 0 Å². The number of hydrogen-bond acceptors (Lipinski definition) is 4. The van der Waals surface area contributed by atoms with Gasteiger partial charge in [0, 0.05) is 0 Å². The molecule has 0 fully saturated rings. The van der Waals surface area contributed by atoms with Crippen LogP contribution in [-0.4, -0.2) is 30.7 Å². The number of ketones is 1. The molecule has 2 aromatic heterocycles. The van der Waals surface area contributed by atoms with Crippen molar-refractivity contribution < 1.29 is 4.79 Å². The quantitative estimate of drug-likeness (QED) is 0.697. The maximum atomic E-state index is 12.2. The number of benzene rings is 1. The lowest BCUT2D eigenvalue weighted by atomic mass is 10.2. The van der Waals surface area contributed by atoms with Crippen molar-refractivity contribution in [3.8, 4) is 5.69 Å². The average Bonchev–Trinajstić information content (AvgIpc) is 3.10. The number of para-hydroxylation sites is 1. The van der Waals surface area contributed by atoms with Crippen LogP contribution in [0.15, 0.2) is 48.9 Å². The molecule has 0 aliphatic heterocycles. The minimum atomic E-state index is -0.242. The molecule has 0 saturated heterocycles. The number of hydrogen-bond donors (Lipinski definition) is 1. The molecule has 0 amide bonds. The highest BCUT2D eigenvalue weighted by atomic mass is 16.1. The molecule has 2 heterocycles. The van der Waals surface area contributed by atoms with E-state index in [0.717, 1.165) is 5.69 Å². The van der Waals surface area contributed by atoms with Crippen molar-refractivity contribution in [3.63, 3.8) is 0 Å². The summed E-state index contributed by atoms with van der Waals surface area (Å²) in [5, 5.41) is 10.4. The lowest BCUT2D eigenvalue weighted by Crippen LogP contribution is -2.11. The van der Waals surface area contributed by atoms with E-state index in [1.165, 1.54) is 6.33 Å². The molecule has 0 aliphatic rings. The summed E-state index contributed by atoms with van der Waals surface area (Å²) in [6, 6.07) is 11.1. The van der Waals surface area contributed by atoms with Crippen LogP contribution >= 0.6 is 0 Å². The Hall–Kier alpha value is -2.76. The molecule has 1 aromatic carbocycles. The van der Waals surface area contributed by atoms with E-state index in [9.17, 15) is 4.79 Å². The average molecular weight is 239 g/mol. The number of nitrogens with one attached hydrogen (secondary N) is 1. The van der Waals surface area contributed by atoms with Crippen LogP contribution in [0, 0.1) is 0 Å². The van der Waals surface area contributed by atoms with Crippen LogP contribution in [0.25, 0.3) is 5.69 Å². The summed E-state index contributed by atoms with van der Waals surface area (Å²) in [6.45, 7) is 0. The Labute approximate surface area is 102 Å². The molecule has 0 spiro atoms. The minimum absolute atomic E-state index is 0.202. The molecule has 1 N–H and O–H groups in total. The molecule has 0 atom stereocenters. The lowest BCUT2D eigenvalue weighted by Gasteiger charge is -2.04. The van der Waals surface area contributed by atoms with E-state index in [0.29, 0.717) is 5.69 Å². The van der Waals surface area contributed by atoms with E-state index in [2.05, 4.69) is 20.3 Å². The molecule has 0 saturated carbocycles. The molecular weight excluding hydrogens is 230 g/mol. The van der Waals surface area contributed by atoms with Crippen molar-refractivity contribution in [2.24, 2.45) is 0 Å². The third-order valence-corrected chi connectivity index (χ3v) is 2.51. The SMILES string of the molecule is O=C(c1ncn[nH]1)c1ccnn1-c1ccccc1. The van der Waals surface area contributed by atoms with Crippen molar-refractivity contribution in [1.29, 1.82) is 0 Å². The van der Waals surface area contributed by atoms with Gasteiger partial charge in [-0.25, -0.2) is 9.67 Å². The number of rotatable bonds is 3. The van der Waals surface area contributed by atoms with Gasteiger partial charge in [0.2, 0.25) is 5.78 Å². The molecule has 0 bridgehead atoms. The van der Waals surface area contributed by atoms with Crippen molar-refractivity contribution in [1.82, 2.24) is 25.0 Å². The molecule has 3 aromatic rings. The van der Waals surface area contributed by atoms with E-state index >= 15 is 0 Å². The Morgan fingerprint density at radius 3 is 2.72 bits per heavy atom. The minimum Gasteiger partial charge on any atom is -0.283 e. The molecule has 88 valence electrons. The van der Waals surface area contributed by atoms with Crippen LogP contribution in [-0.2, 0) is 0 Å². The third kappa shape index (κ3) is 1.69. The van der Waals surface area contributed by atoms with Gasteiger partial charge in [0.25, 0.3) is 0 Å². The zero-order valence-electron chi connectivity index (χ0n) is 9.32. The normalized spacial score (nSPS) is 10.4. The molecule has 0 radical (unpaired) electrons. The molecule has 18 heavy (non-hydrogen) atoms. The fourth-order valence-corrected chi connectivity index (χ4v) is 1.69. The number of H-pyrrole nitrogens is 1. The first-order valence-corrected chi connectivity index (χ1v) is 5.36. The fourth-order valence-electron chi connectivity index (χ4n) is 1.69. The predicted octanol–water partition coefficient (Wildman–Crippen LogP) is 1.22. The molecular formula is C12H9N5O. The van der Waals surface area contributed by atoms with Crippen molar-refractivity contribution in [2.45, 2.75) is 0 Å².